The van der Waals surface area contributed by atoms with Crippen LogP contribution in [0.3, 0.4) is 0 Å². The molecule has 19 heavy (non-hydrogen) atoms. The molecule has 1 aliphatic rings. The van der Waals surface area contributed by atoms with Gasteiger partial charge in [0, 0.05) is 19.0 Å². The molecule has 0 bridgehead atoms. The van der Waals surface area contributed by atoms with E-state index in [1.165, 1.54) is 11.1 Å². The number of benzene rings is 1. The molecule has 1 aliphatic heterocycles. The second-order valence-electron chi connectivity index (χ2n) is 5.05. The molecule has 2 rings (SSSR count). The summed E-state index contributed by atoms with van der Waals surface area (Å²) in [6, 6.07) is 6.32. The zero-order valence-electron chi connectivity index (χ0n) is 11.6. The highest BCUT2D eigenvalue weighted by Gasteiger charge is 2.17. The van der Waals surface area contributed by atoms with E-state index in [0.29, 0.717) is 0 Å². The molecule has 0 saturated heterocycles. The molecule has 1 atom stereocenters. The van der Waals surface area contributed by atoms with Crippen molar-refractivity contribution in [2.75, 3.05) is 13.2 Å². The van der Waals surface area contributed by atoms with Crippen molar-refractivity contribution in [1.82, 2.24) is 4.90 Å². The number of carboxylic acids is 1. The van der Waals surface area contributed by atoms with Gasteiger partial charge in [-0.15, -0.1) is 0 Å². The van der Waals surface area contributed by atoms with Gasteiger partial charge in [0.05, 0.1) is 13.0 Å². The highest BCUT2D eigenvalue weighted by atomic mass is 16.5. The molecule has 0 spiro atoms. The van der Waals surface area contributed by atoms with Crippen LogP contribution < -0.4 is 4.74 Å². The summed E-state index contributed by atoms with van der Waals surface area (Å²) < 4.78 is 5.49. The molecule has 0 fully saturated rings. The molecule has 4 heteroatoms. The van der Waals surface area contributed by atoms with Crippen molar-refractivity contribution in [3.05, 3.63) is 29.3 Å². The van der Waals surface area contributed by atoms with Crippen LogP contribution in [0.15, 0.2) is 18.2 Å². The molecule has 104 valence electrons. The smallest absolute Gasteiger partial charge is 0.304 e. The van der Waals surface area contributed by atoms with Gasteiger partial charge in [-0.2, -0.15) is 0 Å². The van der Waals surface area contributed by atoms with Gasteiger partial charge in [0.2, 0.25) is 0 Å². The molecule has 1 aromatic carbocycles. The normalized spacial score (nSPS) is 15.1. The Morgan fingerprint density at radius 1 is 1.53 bits per heavy atom. The lowest BCUT2D eigenvalue weighted by Gasteiger charge is -2.26. The Balaban J connectivity index is 2.03. The molecule has 0 aromatic heterocycles. The van der Waals surface area contributed by atoms with Crippen molar-refractivity contribution in [2.24, 2.45) is 0 Å². The first kappa shape index (κ1) is 13.9. The minimum absolute atomic E-state index is 0.0482. The van der Waals surface area contributed by atoms with E-state index in [1.807, 2.05) is 13.0 Å². The number of aliphatic carboxylic acids is 1. The Labute approximate surface area is 114 Å². The Morgan fingerprint density at radius 3 is 3.00 bits per heavy atom. The summed E-state index contributed by atoms with van der Waals surface area (Å²) in [5.74, 6) is 0.249. The summed E-state index contributed by atoms with van der Waals surface area (Å²) in [7, 11) is 0. The van der Waals surface area contributed by atoms with Crippen molar-refractivity contribution < 1.29 is 14.6 Å². The van der Waals surface area contributed by atoms with Crippen LogP contribution in [0.5, 0.6) is 5.75 Å². The number of rotatable bonds is 6. The van der Waals surface area contributed by atoms with Gasteiger partial charge < -0.3 is 9.84 Å². The Bertz CT molecular complexity index is 459. The second kappa shape index (κ2) is 6.06. The average molecular weight is 263 g/mol. The van der Waals surface area contributed by atoms with Gasteiger partial charge in [-0.25, -0.2) is 0 Å². The predicted octanol–water partition coefficient (Wildman–Crippen LogP) is 2.31. The van der Waals surface area contributed by atoms with Crippen molar-refractivity contribution in [3.63, 3.8) is 0 Å². The zero-order valence-corrected chi connectivity index (χ0v) is 11.6. The molecule has 1 heterocycles. The maximum atomic E-state index is 10.8. The molecule has 0 aliphatic carbocycles. The fraction of sp³-hybridized carbons (Fsp3) is 0.533. The van der Waals surface area contributed by atoms with Gasteiger partial charge in [-0.1, -0.05) is 19.1 Å². The molecular formula is C15H21NO3. The van der Waals surface area contributed by atoms with Crippen LogP contribution in [-0.2, 0) is 17.8 Å². The summed E-state index contributed by atoms with van der Waals surface area (Å²) >= 11 is 0. The van der Waals surface area contributed by atoms with Gasteiger partial charge in [0.25, 0.3) is 0 Å². The monoisotopic (exact) mass is 263 g/mol. The summed E-state index contributed by atoms with van der Waals surface area (Å²) in [6.45, 7) is 6.44. The summed E-state index contributed by atoms with van der Waals surface area (Å²) in [4.78, 5) is 13.0. The van der Waals surface area contributed by atoms with E-state index >= 15 is 0 Å². The first-order chi connectivity index (χ1) is 9.10. The van der Waals surface area contributed by atoms with E-state index in [2.05, 4.69) is 24.0 Å². The highest BCUT2D eigenvalue weighted by molar-refractivity contribution is 5.67. The van der Waals surface area contributed by atoms with Crippen molar-refractivity contribution in [2.45, 2.75) is 39.3 Å². The molecule has 1 unspecified atom stereocenters. The fourth-order valence-electron chi connectivity index (χ4n) is 2.53. The molecular weight excluding hydrogens is 242 g/mol. The average Bonchev–Trinajstić information content (AvgIpc) is 2.82. The van der Waals surface area contributed by atoms with E-state index in [-0.39, 0.29) is 12.5 Å². The number of hydrogen-bond donors (Lipinski definition) is 1. The molecule has 1 aromatic rings. The van der Waals surface area contributed by atoms with Crippen molar-refractivity contribution in [3.8, 4) is 5.75 Å². The molecule has 0 radical (unpaired) electrons. The van der Waals surface area contributed by atoms with E-state index in [9.17, 15) is 4.79 Å². The van der Waals surface area contributed by atoms with E-state index < -0.39 is 5.97 Å². The molecule has 1 N–H and O–H groups in total. The first-order valence-electron chi connectivity index (χ1n) is 6.80. The maximum Gasteiger partial charge on any atom is 0.304 e. The van der Waals surface area contributed by atoms with E-state index in [0.717, 1.165) is 31.9 Å². The van der Waals surface area contributed by atoms with Crippen LogP contribution in [0.25, 0.3) is 0 Å². The Hall–Kier alpha value is -1.55. The van der Waals surface area contributed by atoms with Crippen LogP contribution in [0.1, 0.15) is 31.4 Å². The fourth-order valence-corrected chi connectivity index (χ4v) is 2.53. The first-order valence-corrected chi connectivity index (χ1v) is 6.80. The molecule has 4 nitrogen and oxygen atoms in total. The van der Waals surface area contributed by atoms with Gasteiger partial charge in [0.1, 0.15) is 5.75 Å². The lowest BCUT2D eigenvalue weighted by atomic mass is 10.1. The van der Waals surface area contributed by atoms with Crippen LogP contribution in [0, 0.1) is 0 Å². The predicted molar refractivity (Wildman–Crippen MR) is 73.4 cm³/mol. The number of nitrogens with zero attached hydrogens (tertiary/aromatic N) is 1. The number of hydrogen-bond acceptors (Lipinski definition) is 3. The van der Waals surface area contributed by atoms with Crippen LogP contribution in [0.4, 0.5) is 0 Å². The minimum Gasteiger partial charge on any atom is -0.493 e. The Morgan fingerprint density at radius 2 is 2.32 bits per heavy atom. The zero-order chi connectivity index (χ0) is 13.8. The lowest BCUT2D eigenvalue weighted by Crippen LogP contribution is -2.34. The third-order valence-corrected chi connectivity index (χ3v) is 3.64. The quantitative estimate of drug-likeness (QED) is 0.855. The largest absolute Gasteiger partial charge is 0.493 e. The van der Waals surface area contributed by atoms with Crippen molar-refractivity contribution >= 4 is 5.97 Å². The summed E-state index contributed by atoms with van der Waals surface area (Å²) in [5, 5.41) is 8.88. The van der Waals surface area contributed by atoms with E-state index in [4.69, 9.17) is 9.84 Å². The lowest BCUT2D eigenvalue weighted by molar-refractivity contribution is -0.138. The Kier molecular flexibility index (Phi) is 4.43. The van der Waals surface area contributed by atoms with Gasteiger partial charge in [0.15, 0.2) is 0 Å². The van der Waals surface area contributed by atoms with Crippen LogP contribution >= 0.6 is 0 Å². The SMILES string of the molecule is CCN(Cc1ccc2c(c1)CCO2)C(C)CC(=O)O. The molecule has 0 saturated carbocycles. The third-order valence-electron chi connectivity index (χ3n) is 3.64. The van der Waals surface area contributed by atoms with Gasteiger partial charge in [-0.05, 0) is 30.7 Å². The number of fused-ring (bicyclic) bond motifs is 1. The van der Waals surface area contributed by atoms with Crippen LogP contribution in [0.2, 0.25) is 0 Å². The van der Waals surface area contributed by atoms with Crippen molar-refractivity contribution in [1.29, 1.82) is 0 Å². The van der Waals surface area contributed by atoms with Gasteiger partial charge in [-0.3, -0.25) is 9.69 Å². The summed E-state index contributed by atoms with van der Waals surface area (Å²) in [6.07, 6.45) is 1.15. The highest BCUT2D eigenvalue weighted by Crippen LogP contribution is 2.26. The number of ether oxygens (including phenoxy) is 1. The maximum absolute atomic E-state index is 10.8. The van der Waals surface area contributed by atoms with E-state index in [1.54, 1.807) is 0 Å². The number of carbonyl (C=O) groups is 1. The molecule has 0 amide bonds. The minimum atomic E-state index is -0.742. The second-order valence-corrected chi connectivity index (χ2v) is 5.05. The number of carboxylic acid groups (broad SMARTS) is 1. The van der Waals surface area contributed by atoms with Gasteiger partial charge >= 0.3 is 5.97 Å². The van der Waals surface area contributed by atoms with Crippen LogP contribution in [-0.4, -0.2) is 35.2 Å². The third kappa shape index (κ3) is 3.47. The summed E-state index contributed by atoms with van der Waals surface area (Å²) in [5.41, 5.74) is 2.49. The standard InChI is InChI=1S/C15H21NO3/c1-3-16(11(2)8-15(17)18)10-12-4-5-14-13(9-12)6-7-19-14/h4-5,9,11H,3,6-8,10H2,1-2H3,(H,17,18). The topological polar surface area (TPSA) is 49.8 Å².